The summed E-state index contributed by atoms with van der Waals surface area (Å²) in [4.78, 5) is 2.41. The first-order valence-electron chi connectivity index (χ1n) is 6.83. The summed E-state index contributed by atoms with van der Waals surface area (Å²) in [5.74, 6) is 0. The Bertz CT molecular complexity index is 550. The number of anilines is 1. The molecular weight excluding hydrogens is 236 g/mol. The van der Waals surface area contributed by atoms with Gasteiger partial charge in [0, 0.05) is 26.2 Å². The second-order valence-corrected chi connectivity index (χ2v) is 5.10. The van der Waals surface area contributed by atoms with E-state index in [2.05, 4.69) is 53.4 Å². The van der Waals surface area contributed by atoms with Gasteiger partial charge in [-0.05, 0) is 26.0 Å². The number of nitrogens with one attached hydrogen (secondary N) is 1. The molecule has 100 valence electrons. The quantitative estimate of drug-likeness (QED) is 0.891. The minimum Gasteiger partial charge on any atom is -0.366 e. The van der Waals surface area contributed by atoms with E-state index in [0.29, 0.717) is 0 Å². The van der Waals surface area contributed by atoms with Crippen molar-refractivity contribution in [3.8, 4) is 5.69 Å². The molecule has 0 spiro atoms. The number of hydrogen-bond donors (Lipinski definition) is 1. The van der Waals surface area contributed by atoms with E-state index < -0.39 is 0 Å². The molecule has 1 saturated heterocycles. The second-order valence-electron chi connectivity index (χ2n) is 5.10. The maximum atomic E-state index is 4.55. The predicted octanol–water partition coefficient (Wildman–Crippen LogP) is 1.90. The van der Waals surface area contributed by atoms with Crippen molar-refractivity contribution >= 4 is 5.69 Å². The fourth-order valence-electron chi connectivity index (χ4n) is 2.56. The molecule has 1 aromatic carbocycles. The molecule has 0 atom stereocenters. The summed E-state index contributed by atoms with van der Waals surface area (Å²) in [7, 11) is 0. The van der Waals surface area contributed by atoms with E-state index in [-0.39, 0.29) is 0 Å². The Morgan fingerprint density at radius 1 is 1.05 bits per heavy atom. The van der Waals surface area contributed by atoms with Gasteiger partial charge in [-0.3, -0.25) is 0 Å². The highest BCUT2D eigenvalue weighted by Gasteiger charge is 2.16. The molecule has 4 nitrogen and oxygen atoms in total. The first-order chi connectivity index (χ1) is 9.25. The maximum Gasteiger partial charge on any atom is 0.0787 e. The number of hydrogen-bond acceptors (Lipinski definition) is 3. The summed E-state index contributed by atoms with van der Waals surface area (Å²) in [6.07, 6.45) is 1.99. The van der Waals surface area contributed by atoms with Crippen LogP contribution in [0.25, 0.3) is 5.69 Å². The summed E-state index contributed by atoms with van der Waals surface area (Å²) < 4.78 is 2.02. The lowest BCUT2D eigenvalue weighted by Crippen LogP contribution is -2.43. The average molecular weight is 256 g/mol. The molecule has 0 bridgehead atoms. The molecule has 0 saturated carbocycles. The normalized spacial score (nSPS) is 15.8. The second kappa shape index (κ2) is 5.05. The Morgan fingerprint density at radius 3 is 2.42 bits per heavy atom. The van der Waals surface area contributed by atoms with Crippen LogP contribution in [0.5, 0.6) is 0 Å². The highest BCUT2D eigenvalue weighted by molar-refractivity contribution is 5.52. The number of benzene rings is 1. The van der Waals surface area contributed by atoms with Crippen LogP contribution in [0.4, 0.5) is 5.69 Å². The first-order valence-corrected chi connectivity index (χ1v) is 6.83. The fraction of sp³-hybridized carbons (Fsp3) is 0.400. The molecule has 4 heteroatoms. The van der Waals surface area contributed by atoms with Crippen molar-refractivity contribution in [1.82, 2.24) is 15.1 Å². The van der Waals surface area contributed by atoms with Gasteiger partial charge in [-0.1, -0.05) is 17.7 Å². The molecule has 1 aromatic heterocycles. The maximum absolute atomic E-state index is 4.55. The first kappa shape index (κ1) is 12.2. The van der Waals surface area contributed by atoms with Crippen LogP contribution in [0, 0.1) is 13.8 Å². The predicted molar refractivity (Wildman–Crippen MR) is 78.1 cm³/mol. The lowest BCUT2D eigenvalue weighted by molar-refractivity contribution is 0.588. The van der Waals surface area contributed by atoms with Crippen molar-refractivity contribution in [1.29, 1.82) is 0 Å². The van der Waals surface area contributed by atoms with Gasteiger partial charge in [0.2, 0.25) is 0 Å². The van der Waals surface area contributed by atoms with Gasteiger partial charge in [0.15, 0.2) is 0 Å². The molecule has 3 rings (SSSR count). The average Bonchev–Trinajstić information content (AvgIpc) is 2.83. The molecule has 2 heterocycles. The van der Waals surface area contributed by atoms with E-state index in [0.717, 1.165) is 31.9 Å². The summed E-state index contributed by atoms with van der Waals surface area (Å²) in [6, 6.07) is 8.50. The molecule has 1 aliphatic rings. The Kier molecular flexibility index (Phi) is 3.25. The third-order valence-corrected chi connectivity index (χ3v) is 3.72. The smallest absolute Gasteiger partial charge is 0.0787 e. The Morgan fingerprint density at radius 2 is 1.74 bits per heavy atom. The largest absolute Gasteiger partial charge is 0.366 e. The molecule has 1 N–H and O–H groups in total. The van der Waals surface area contributed by atoms with Gasteiger partial charge < -0.3 is 10.2 Å². The molecule has 1 aliphatic heterocycles. The van der Waals surface area contributed by atoms with Gasteiger partial charge in [-0.15, -0.1) is 0 Å². The zero-order chi connectivity index (χ0) is 13.2. The van der Waals surface area contributed by atoms with Gasteiger partial charge in [0.25, 0.3) is 0 Å². The molecule has 0 unspecified atom stereocenters. The number of piperazine rings is 1. The van der Waals surface area contributed by atoms with E-state index in [1.54, 1.807) is 0 Å². The van der Waals surface area contributed by atoms with Crippen molar-refractivity contribution in [2.24, 2.45) is 0 Å². The topological polar surface area (TPSA) is 33.1 Å². The molecule has 1 fully saturated rings. The van der Waals surface area contributed by atoms with Crippen LogP contribution in [-0.2, 0) is 0 Å². The van der Waals surface area contributed by atoms with Gasteiger partial charge in [0.05, 0.1) is 23.3 Å². The molecule has 0 aliphatic carbocycles. The zero-order valence-corrected chi connectivity index (χ0v) is 11.6. The van der Waals surface area contributed by atoms with E-state index in [1.165, 1.54) is 16.9 Å². The van der Waals surface area contributed by atoms with Gasteiger partial charge in [-0.25, -0.2) is 4.68 Å². The van der Waals surface area contributed by atoms with Crippen LogP contribution in [0.2, 0.25) is 0 Å². The van der Waals surface area contributed by atoms with Crippen LogP contribution in [0.15, 0.2) is 30.5 Å². The van der Waals surface area contributed by atoms with Gasteiger partial charge in [0.1, 0.15) is 0 Å². The van der Waals surface area contributed by atoms with E-state index in [1.807, 2.05) is 10.9 Å². The van der Waals surface area contributed by atoms with Crippen LogP contribution in [0.3, 0.4) is 0 Å². The lowest BCUT2D eigenvalue weighted by atomic mass is 10.2. The number of nitrogens with zero attached hydrogens (tertiary/aromatic N) is 3. The van der Waals surface area contributed by atoms with Gasteiger partial charge >= 0.3 is 0 Å². The summed E-state index contributed by atoms with van der Waals surface area (Å²) in [6.45, 7) is 8.46. The molecule has 2 aromatic rings. The Labute approximate surface area is 114 Å². The van der Waals surface area contributed by atoms with Crippen molar-refractivity contribution in [2.75, 3.05) is 31.1 Å². The third-order valence-electron chi connectivity index (χ3n) is 3.72. The van der Waals surface area contributed by atoms with Crippen LogP contribution < -0.4 is 10.2 Å². The van der Waals surface area contributed by atoms with E-state index in [9.17, 15) is 0 Å². The summed E-state index contributed by atoms with van der Waals surface area (Å²) >= 11 is 0. The van der Waals surface area contributed by atoms with E-state index in [4.69, 9.17) is 0 Å². The minimum atomic E-state index is 1.05. The highest BCUT2D eigenvalue weighted by Crippen LogP contribution is 2.22. The number of aryl methyl sites for hydroxylation is 1. The van der Waals surface area contributed by atoms with Crippen LogP contribution in [-0.4, -0.2) is 36.0 Å². The van der Waals surface area contributed by atoms with Crippen molar-refractivity contribution < 1.29 is 0 Å². The van der Waals surface area contributed by atoms with E-state index >= 15 is 0 Å². The Balaban J connectivity index is 1.91. The molecular formula is C15H20N4. The summed E-state index contributed by atoms with van der Waals surface area (Å²) in [5.41, 5.74) is 4.87. The Hall–Kier alpha value is -1.81. The van der Waals surface area contributed by atoms with Gasteiger partial charge in [-0.2, -0.15) is 5.10 Å². The third kappa shape index (κ3) is 2.36. The molecule has 19 heavy (non-hydrogen) atoms. The summed E-state index contributed by atoms with van der Waals surface area (Å²) in [5, 5.41) is 7.93. The minimum absolute atomic E-state index is 1.05. The standard InChI is InChI=1S/C15H20N4/c1-12-3-5-14(6-4-12)19-13(2)15(11-17-19)18-9-7-16-8-10-18/h3-6,11,16H,7-10H2,1-2H3. The van der Waals surface area contributed by atoms with Crippen molar-refractivity contribution in [3.63, 3.8) is 0 Å². The highest BCUT2D eigenvalue weighted by atomic mass is 15.3. The monoisotopic (exact) mass is 256 g/mol. The molecule has 0 radical (unpaired) electrons. The van der Waals surface area contributed by atoms with Crippen molar-refractivity contribution in [3.05, 3.63) is 41.7 Å². The van der Waals surface area contributed by atoms with Crippen molar-refractivity contribution in [2.45, 2.75) is 13.8 Å². The number of aromatic nitrogens is 2. The lowest BCUT2D eigenvalue weighted by Gasteiger charge is -2.28. The molecule has 0 amide bonds. The zero-order valence-electron chi connectivity index (χ0n) is 11.6. The fourth-order valence-corrected chi connectivity index (χ4v) is 2.56. The van der Waals surface area contributed by atoms with Crippen LogP contribution >= 0.6 is 0 Å². The van der Waals surface area contributed by atoms with Crippen LogP contribution in [0.1, 0.15) is 11.3 Å². The number of rotatable bonds is 2. The SMILES string of the molecule is Cc1ccc(-n2ncc(N3CCNCC3)c2C)cc1.